The van der Waals surface area contributed by atoms with E-state index >= 15 is 0 Å². The summed E-state index contributed by atoms with van der Waals surface area (Å²) in [6, 6.07) is 6.69. The van der Waals surface area contributed by atoms with Crippen molar-refractivity contribution in [1.82, 2.24) is 5.32 Å². The summed E-state index contributed by atoms with van der Waals surface area (Å²) in [5.41, 5.74) is 1.11. The van der Waals surface area contributed by atoms with E-state index in [2.05, 4.69) is 10.6 Å². The lowest BCUT2D eigenvalue weighted by Crippen LogP contribution is -2.39. The van der Waals surface area contributed by atoms with Crippen LogP contribution < -0.4 is 10.6 Å². The molecule has 2 heterocycles. The molecule has 2 N–H and O–H groups in total. The Bertz CT molecular complexity index is 641. The second kappa shape index (κ2) is 8.89. The molecule has 1 saturated heterocycles. The fourth-order valence-electron chi connectivity index (χ4n) is 2.35. The summed E-state index contributed by atoms with van der Waals surface area (Å²) in [6.45, 7) is 2.56. The van der Waals surface area contributed by atoms with Crippen molar-refractivity contribution in [2.24, 2.45) is 0 Å². The van der Waals surface area contributed by atoms with Crippen LogP contribution in [0.15, 0.2) is 35.4 Å². The third-order valence-corrected chi connectivity index (χ3v) is 4.44. The Morgan fingerprint density at radius 3 is 2.64 bits per heavy atom. The quantitative estimate of drug-likeness (QED) is 0.821. The number of carbonyl (C=O) groups excluding carboxylic acids is 2. The summed E-state index contributed by atoms with van der Waals surface area (Å²) in [5, 5.41) is 7.27. The van der Waals surface area contributed by atoms with Gasteiger partial charge in [-0.25, -0.2) is 0 Å². The first-order valence-electron chi connectivity index (χ1n) is 8.06. The SMILES string of the molecule is O=C(Nc1ccc(C(=O)NCC2COCCO2)cc1)C1=CSCCO1. The predicted octanol–water partition coefficient (Wildman–Crippen LogP) is 1.38. The van der Waals surface area contributed by atoms with Crippen molar-refractivity contribution in [3.63, 3.8) is 0 Å². The molecule has 0 saturated carbocycles. The van der Waals surface area contributed by atoms with Gasteiger partial charge in [0.2, 0.25) is 0 Å². The van der Waals surface area contributed by atoms with Crippen molar-refractivity contribution in [1.29, 1.82) is 0 Å². The zero-order valence-corrected chi connectivity index (χ0v) is 14.5. The molecule has 7 nitrogen and oxygen atoms in total. The van der Waals surface area contributed by atoms with Crippen LogP contribution in [0.5, 0.6) is 0 Å². The first-order valence-corrected chi connectivity index (χ1v) is 9.11. The third kappa shape index (κ3) is 5.22. The maximum atomic E-state index is 12.1. The number of ether oxygens (including phenoxy) is 3. The molecule has 1 unspecified atom stereocenters. The minimum atomic E-state index is -0.293. The van der Waals surface area contributed by atoms with Crippen LogP contribution in [0.4, 0.5) is 5.69 Å². The summed E-state index contributed by atoms with van der Waals surface area (Å²) in [6.07, 6.45) is -0.113. The number of hydrogen-bond donors (Lipinski definition) is 2. The molecule has 25 heavy (non-hydrogen) atoms. The Morgan fingerprint density at radius 2 is 1.96 bits per heavy atom. The normalized spacial score (nSPS) is 20.2. The Balaban J connectivity index is 1.49. The summed E-state index contributed by atoms with van der Waals surface area (Å²) in [5.74, 6) is 0.673. The van der Waals surface area contributed by atoms with Crippen LogP contribution in [-0.4, -0.2) is 56.6 Å². The molecule has 0 bridgehead atoms. The second-order valence-corrected chi connectivity index (χ2v) is 6.49. The van der Waals surface area contributed by atoms with Crippen LogP contribution in [0.2, 0.25) is 0 Å². The fourth-order valence-corrected chi connectivity index (χ4v) is 2.97. The standard InChI is InChI=1S/C17H20N2O5S/c20-16(18-9-14-10-22-5-6-23-14)12-1-3-13(4-2-12)19-17(21)15-11-25-8-7-24-15/h1-4,11,14H,5-10H2,(H,18,20)(H,19,21). The Morgan fingerprint density at radius 1 is 1.12 bits per heavy atom. The molecule has 1 aromatic rings. The summed E-state index contributed by atoms with van der Waals surface area (Å²) < 4.78 is 16.1. The van der Waals surface area contributed by atoms with Gasteiger partial charge in [0.25, 0.3) is 11.8 Å². The number of benzene rings is 1. The van der Waals surface area contributed by atoms with Gasteiger partial charge in [-0.2, -0.15) is 0 Å². The van der Waals surface area contributed by atoms with Crippen molar-refractivity contribution in [3.8, 4) is 0 Å². The summed E-state index contributed by atoms with van der Waals surface area (Å²) in [7, 11) is 0. The molecule has 2 amide bonds. The molecule has 1 atom stereocenters. The van der Waals surface area contributed by atoms with Gasteiger partial charge in [-0.05, 0) is 24.3 Å². The predicted molar refractivity (Wildman–Crippen MR) is 94.5 cm³/mol. The van der Waals surface area contributed by atoms with Crippen molar-refractivity contribution in [2.75, 3.05) is 44.0 Å². The van der Waals surface area contributed by atoms with E-state index in [0.29, 0.717) is 50.0 Å². The molecule has 0 aliphatic carbocycles. The maximum absolute atomic E-state index is 12.1. The van der Waals surface area contributed by atoms with Crippen molar-refractivity contribution < 1.29 is 23.8 Å². The molecule has 3 rings (SSSR count). The van der Waals surface area contributed by atoms with Gasteiger partial charge in [0.05, 0.1) is 32.5 Å². The van der Waals surface area contributed by atoms with Gasteiger partial charge < -0.3 is 24.8 Å². The van der Waals surface area contributed by atoms with E-state index in [1.807, 2.05) is 0 Å². The summed E-state index contributed by atoms with van der Waals surface area (Å²) in [4.78, 5) is 24.2. The molecule has 0 aromatic heterocycles. The van der Waals surface area contributed by atoms with E-state index in [-0.39, 0.29) is 17.9 Å². The van der Waals surface area contributed by atoms with E-state index in [1.54, 1.807) is 41.4 Å². The number of nitrogens with one attached hydrogen (secondary N) is 2. The molecule has 1 fully saturated rings. The van der Waals surface area contributed by atoms with Crippen molar-refractivity contribution in [2.45, 2.75) is 6.10 Å². The zero-order chi connectivity index (χ0) is 17.5. The number of anilines is 1. The van der Waals surface area contributed by atoms with Crippen LogP contribution in [0.1, 0.15) is 10.4 Å². The average molecular weight is 364 g/mol. The van der Waals surface area contributed by atoms with Gasteiger partial charge in [-0.3, -0.25) is 9.59 Å². The first kappa shape index (κ1) is 17.8. The largest absolute Gasteiger partial charge is 0.487 e. The second-order valence-electron chi connectivity index (χ2n) is 5.51. The number of thioether (sulfide) groups is 1. The highest BCUT2D eigenvalue weighted by Gasteiger charge is 2.17. The highest BCUT2D eigenvalue weighted by molar-refractivity contribution is 8.02. The minimum absolute atomic E-state index is 0.113. The molecule has 2 aliphatic rings. The fraction of sp³-hybridized carbons (Fsp3) is 0.412. The number of amides is 2. The minimum Gasteiger partial charge on any atom is -0.487 e. The van der Waals surface area contributed by atoms with Crippen LogP contribution >= 0.6 is 11.8 Å². The maximum Gasteiger partial charge on any atom is 0.291 e. The average Bonchev–Trinajstić information content (AvgIpc) is 2.68. The van der Waals surface area contributed by atoms with Gasteiger partial charge in [0.15, 0.2) is 5.76 Å². The molecule has 134 valence electrons. The molecular formula is C17H20N2O5S. The molecule has 2 aliphatic heterocycles. The number of rotatable bonds is 5. The van der Waals surface area contributed by atoms with Crippen LogP contribution in [0.25, 0.3) is 0 Å². The Hall–Kier alpha value is -2.03. The van der Waals surface area contributed by atoms with Gasteiger partial charge in [-0.1, -0.05) is 0 Å². The monoisotopic (exact) mass is 364 g/mol. The van der Waals surface area contributed by atoms with E-state index in [1.165, 1.54) is 0 Å². The van der Waals surface area contributed by atoms with E-state index in [4.69, 9.17) is 14.2 Å². The zero-order valence-electron chi connectivity index (χ0n) is 13.7. The first-order chi connectivity index (χ1) is 12.2. The van der Waals surface area contributed by atoms with E-state index in [9.17, 15) is 9.59 Å². The molecule has 8 heteroatoms. The van der Waals surface area contributed by atoms with Crippen LogP contribution in [-0.2, 0) is 19.0 Å². The Labute approximate surface area is 150 Å². The highest BCUT2D eigenvalue weighted by atomic mass is 32.2. The third-order valence-electron chi connectivity index (χ3n) is 3.65. The summed E-state index contributed by atoms with van der Waals surface area (Å²) >= 11 is 1.55. The van der Waals surface area contributed by atoms with Gasteiger partial charge in [0, 0.05) is 29.0 Å². The topological polar surface area (TPSA) is 85.9 Å². The molecule has 0 radical (unpaired) electrons. The lowest BCUT2D eigenvalue weighted by Gasteiger charge is -2.23. The van der Waals surface area contributed by atoms with E-state index < -0.39 is 0 Å². The lowest BCUT2D eigenvalue weighted by molar-refractivity contribution is -0.116. The van der Waals surface area contributed by atoms with Gasteiger partial charge >= 0.3 is 0 Å². The van der Waals surface area contributed by atoms with Crippen LogP contribution in [0.3, 0.4) is 0 Å². The van der Waals surface area contributed by atoms with Crippen molar-refractivity contribution >= 4 is 29.3 Å². The number of carbonyl (C=O) groups is 2. The number of hydrogen-bond acceptors (Lipinski definition) is 6. The lowest BCUT2D eigenvalue weighted by atomic mass is 10.2. The molecule has 1 aromatic carbocycles. The Kier molecular flexibility index (Phi) is 6.32. The highest BCUT2D eigenvalue weighted by Crippen LogP contribution is 2.17. The smallest absolute Gasteiger partial charge is 0.291 e. The van der Waals surface area contributed by atoms with Gasteiger partial charge in [0.1, 0.15) is 0 Å². The van der Waals surface area contributed by atoms with Gasteiger partial charge in [-0.15, -0.1) is 11.8 Å². The van der Waals surface area contributed by atoms with E-state index in [0.717, 1.165) is 5.75 Å². The molecule has 0 spiro atoms. The van der Waals surface area contributed by atoms with Crippen molar-refractivity contribution in [3.05, 3.63) is 41.0 Å². The molecular weight excluding hydrogens is 344 g/mol. The van der Waals surface area contributed by atoms with Crippen LogP contribution in [0, 0.1) is 0 Å².